The van der Waals surface area contributed by atoms with Crippen LogP contribution in [0.4, 0.5) is 0 Å². The second-order valence-corrected chi connectivity index (χ2v) is 12.8. The molecule has 1 nitrogen and oxygen atoms in total. The van der Waals surface area contributed by atoms with E-state index in [0.29, 0.717) is 0 Å². The predicted molar refractivity (Wildman–Crippen MR) is 192 cm³/mol. The molecule has 0 unspecified atom stereocenters. The Kier molecular flexibility index (Phi) is 22.4. The molecule has 0 aliphatic heterocycles. The maximum absolute atomic E-state index is 5.52. The molecule has 0 aliphatic rings. The van der Waals surface area contributed by atoms with E-state index in [9.17, 15) is 0 Å². The molecule has 0 aromatic carbocycles. The van der Waals surface area contributed by atoms with Crippen molar-refractivity contribution in [1.29, 1.82) is 0 Å². The summed E-state index contributed by atoms with van der Waals surface area (Å²) < 4.78 is 5.52. The van der Waals surface area contributed by atoms with Gasteiger partial charge in [0, 0.05) is 7.11 Å². The molecule has 0 rings (SSSR count). The molecular weight excluding hydrogens is 508 g/mol. The van der Waals surface area contributed by atoms with Crippen molar-refractivity contribution in [1.82, 2.24) is 0 Å². The molecule has 0 N–H and O–H groups in total. The number of ether oxygens (including phenoxy) is 1. The van der Waals surface area contributed by atoms with E-state index in [4.69, 9.17) is 4.74 Å². The maximum atomic E-state index is 5.52. The molecular formula is C41H64O. The first-order valence-electron chi connectivity index (χ1n) is 16.0. The number of rotatable bonds is 20. The fraction of sp³-hybridized carbons (Fsp3) is 0.512. The van der Waals surface area contributed by atoms with Crippen LogP contribution in [-0.4, -0.2) is 12.7 Å². The van der Waals surface area contributed by atoms with Gasteiger partial charge in [-0.3, -0.25) is 0 Å². The fourth-order valence-corrected chi connectivity index (χ4v) is 4.20. The van der Waals surface area contributed by atoms with E-state index < -0.39 is 0 Å². The molecule has 0 fully saturated rings. The first-order chi connectivity index (χ1) is 19.8. The van der Waals surface area contributed by atoms with Crippen molar-refractivity contribution in [2.24, 2.45) is 0 Å². The molecule has 0 aromatic heterocycles. The van der Waals surface area contributed by atoms with Crippen LogP contribution in [0.5, 0.6) is 0 Å². The van der Waals surface area contributed by atoms with Gasteiger partial charge in [-0.1, -0.05) is 118 Å². The first kappa shape index (κ1) is 39.4. The average Bonchev–Trinajstić information content (AvgIpc) is 2.91. The Bertz CT molecular complexity index is 1070. The second kappa shape index (κ2) is 23.9. The topological polar surface area (TPSA) is 9.23 Å². The van der Waals surface area contributed by atoms with Crippen molar-refractivity contribution in [3.8, 4) is 0 Å². The molecule has 42 heavy (non-hydrogen) atoms. The van der Waals surface area contributed by atoms with Gasteiger partial charge >= 0.3 is 0 Å². The van der Waals surface area contributed by atoms with Crippen LogP contribution in [-0.2, 0) is 4.74 Å². The van der Waals surface area contributed by atoms with Crippen LogP contribution in [0.3, 0.4) is 0 Å². The normalized spacial score (nSPS) is 15.1. The van der Waals surface area contributed by atoms with Gasteiger partial charge in [0.05, 0.1) is 5.60 Å². The number of methoxy groups -OCH3 is 1. The highest BCUT2D eigenvalue weighted by molar-refractivity contribution is 5.30. The Balaban J connectivity index is 4.50. The van der Waals surface area contributed by atoms with Crippen LogP contribution in [0.1, 0.15) is 127 Å². The van der Waals surface area contributed by atoms with Crippen molar-refractivity contribution >= 4 is 0 Å². The zero-order valence-electron chi connectivity index (χ0n) is 29.3. The summed E-state index contributed by atoms with van der Waals surface area (Å²) >= 11 is 0. The van der Waals surface area contributed by atoms with Crippen molar-refractivity contribution in [2.75, 3.05) is 7.11 Å². The van der Waals surface area contributed by atoms with Gasteiger partial charge in [-0.25, -0.2) is 0 Å². The van der Waals surface area contributed by atoms with Gasteiger partial charge in [-0.15, -0.1) is 0 Å². The molecule has 0 saturated carbocycles. The van der Waals surface area contributed by atoms with Gasteiger partial charge in [0.25, 0.3) is 0 Å². The third kappa shape index (κ3) is 25.1. The minimum Gasteiger partial charge on any atom is -0.379 e. The standard InChI is InChI=1S/C41H64O/c1-34(2)20-14-23-37(5)26-17-29-38(6)27-15-24-35(3)21-12-13-22-36(4)25-16-28-39(7)30-18-31-40(8)32-19-33-41(9,10)42-11/h12-13,15-16,20-22,24-28,31H,14,17-19,23,29-30,32-33H2,1-11H3/b13-12+,24-15+,25-16+,35-21+,36-22+,37-26+,38-27+,39-28+,40-31+. The lowest BCUT2D eigenvalue weighted by molar-refractivity contribution is 0.0140. The summed E-state index contributed by atoms with van der Waals surface area (Å²) in [5.74, 6) is 0. The summed E-state index contributed by atoms with van der Waals surface area (Å²) in [5, 5.41) is 0. The SMILES string of the molecule is COC(C)(C)CCC/C(C)=C/CC/C(C)=C/C=C/C(C)=C/C=C/C=C(C)/C=C/C=C(\C)CC/C=C(\C)CCC=C(C)C. The summed E-state index contributed by atoms with van der Waals surface area (Å²) in [6.45, 7) is 21.9. The minimum absolute atomic E-state index is 0.0132. The third-order valence-electron chi connectivity index (χ3n) is 7.37. The van der Waals surface area contributed by atoms with E-state index in [2.05, 4.69) is 148 Å². The molecule has 0 atom stereocenters. The van der Waals surface area contributed by atoms with Gasteiger partial charge < -0.3 is 4.74 Å². The predicted octanol–water partition coefficient (Wildman–Crippen LogP) is 13.2. The smallest absolute Gasteiger partial charge is 0.0622 e. The molecule has 0 aliphatic carbocycles. The summed E-state index contributed by atoms with van der Waals surface area (Å²) in [4.78, 5) is 0. The second-order valence-electron chi connectivity index (χ2n) is 12.8. The lowest BCUT2D eigenvalue weighted by Crippen LogP contribution is -2.21. The molecule has 0 saturated heterocycles. The number of hydrogen-bond acceptors (Lipinski definition) is 1. The summed E-state index contributed by atoms with van der Waals surface area (Å²) in [6, 6.07) is 0. The lowest BCUT2D eigenvalue weighted by atomic mass is 9.98. The molecule has 0 radical (unpaired) electrons. The number of allylic oxidation sites excluding steroid dienone is 20. The molecule has 0 spiro atoms. The molecule has 234 valence electrons. The van der Waals surface area contributed by atoms with Crippen molar-refractivity contribution in [3.63, 3.8) is 0 Å². The average molecular weight is 573 g/mol. The first-order valence-corrected chi connectivity index (χ1v) is 16.0. The van der Waals surface area contributed by atoms with Crippen LogP contribution in [0.2, 0.25) is 0 Å². The van der Waals surface area contributed by atoms with Gasteiger partial charge in [0.15, 0.2) is 0 Å². The molecule has 0 heterocycles. The van der Waals surface area contributed by atoms with E-state index >= 15 is 0 Å². The quantitative estimate of drug-likeness (QED) is 0.104. The monoisotopic (exact) mass is 572 g/mol. The maximum Gasteiger partial charge on any atom is 0.0622 e. The van der Waals surface area contributed by atoms with Crippen LogP contribution in [0, 0.1) is 0 Å². The van der Waals surface area contributed by atoms with E-state index in [0.717, 1.165) is 44.9 Å². The Morgan fingerprint density at radius 1 is 0.524 bits per heavy atom. The summed E-state index contributed by atoms with van der Waals surface area (Å²) in [5.41, 5.74) is 9.70. The summed E-state index contributed by atoms with van der Waals surface area (Å²) in [6.07, 6.45) is 39.0. The zero-order valence-corrected chi connectivity index (χ0v) is 29.3. The Labute approximate surface area is 262 Å². The highest BCUT2D eigenvalue weighted by Crippen LogP contribution is 2.19. The lowest BCUT2D eigenvalue weighted by Gasteiger charge is -2.22. The molecule has 0 bridgehead atoms. The zero-order chi connectivity index (χ0) is 31.8. The van der Waals surface area contributed by atoms with E-state index in [1.165, 1.54) is 51.9 Å². The molecule has 0 aromatic rings. The van der Waals surface area contributed by atoms with Crippen LogP contribution in [0.15, 0.2) is 118 Å². The minimum atomic E-state index is -0.0132. The largest absolute Gasteiger partial charge is 0.379 e. The van der Waals surface area contributed by atoms with Crippen LogP contribution in [0.25, 0.3) is 0 Å². The van der Waals surface area contributed by atoms with E-state index in [-0.39, 0.29) is 5.60 Å². The van der Waals surface area contributed by atoms with Crippen LogP contribution >= 0.6 is 0 Å². The van der Waals surface area contributed by atoms with Crippen molar-refractivity contribution in [3.05, 3.63) is 118 Å². The van der Waals surface area contributed by atoms with E-state index in [1.807, 2.05) is 0 Å². The Morgan fingerprint density at radius 3 is 1.40 bits per heavy atom. The van der Waals surface area contributed by atoms with Gasteiger partial charge in [0.2, 0.25) is 0 Å². The van der Waals surface area contributed by atoms with Crippen molar-refractivity contribution < 1.29 is 4.74 Å². The summed E-state index contributed by atoms with van der Waals surface area (Å²) in [7, 11) is 1.80. The van der Waals surface area contributed by atoms with Gasteiger partial charge in [-0.2, -0.15) is 0 Å². The number of hydrogen-bond donors (Lipinski definition) is 0. The van der Waals surface area contributed by atoms with E-state index in [1.54, 1.807) is 7.11 Å². The van der Waals surface area contributed by atoms with Gasteiger partial charge in [-0.05, 0) is 127 Å². The van der Waals surface area contributed by atoms with Crippen LogP contribution < -0.4 is 0 Å². The van der Waals surface area contributed by atoms with Crippen molar-refractivity contribution in [2.45, 2.75) is 133 Å². The Hall–Kier alpha value is -2.64. The molecule has 0 amide bonds. The third-order valence-corrected chi connectivity index (χ3v) is 7.37. The van der Waals surface area contributed by atoms with Gasteiger partial charge in [0.1, 0.15) is 0 Å². The molecule has 1 heteroatoms. The Morgan fingerprint density at radius 2 is 0.952 bits per heavy atom. The fourth-order valence-electron chi connectivity index (χ4n) is 4.20. The highest BCUT2D eigenvalue weighted by Gasteiger charge is 2.15. The highest BCUT2D eigenvalue weighted by atomic mass is 16.5.